The van der Waals surface area contributed by atoms with E-state index in [-0.39, 0.29) is 16.6 Å². The van der Waals surface area contributed by atoms with Crippen molar-refractivity contribution in [3.8, 4) is 0 Å². The van der Waals surface area contributed by atoms with Crippen LogP contribution in [-0.2, 0) is 9.84 Å². The smallest absolute Gasteiger partial charge is 0.270 e. The molecule has 0 saturated heterocycles. The van der Waals surface area contributed by atoms with Crippen molar-refractivity contribution in [2.45, 2.75) is 50.5 Å². The van der Waals surface area contributed by atoms with E-state index in [1.54, 1.807) is 0 Å². The van der Waals surface area contributed by atoms with E-state index in [1.807, 2.05) is 0 Å². The summed E-state index contributed by atoms with van der Waals surface area (Å²) >= 11 is 0. The number of nitrogens with zero attached hydrogens (tertiary/aromatic N) is 1. The SMILES string of the molecule is CC(C)C1CCCC(Nc2ccc([N+](=O)[O-])cc2S(C)(=O)=O)C1. The molecule has 6 nitrogen and oxygen atoms in total. The fourth-order valence-electron chi connectivity index (χ4n) is 3.23. The molecule has 2 rings (SSSR count). The number of sulfone groups is 1. The summed E-state index contributed by atoms with van der Waals surface area (Å²) in [5.41, 5.74) is 0.257. The highest BCUT2D eigenvalue weighted by Gasteiger charge is 2.26. The second-order valence-corrected chi connectivity index (χ2v) is 8.71. The molecule has 1 aliphatic rings. The van der Waals surface area contributed by atoms with Crippen molar-refractivity contribution in [1.82, 2.24) is 0 Å². The second kappa shape index (κ2) is 6.86. The lowest BCUT2D eigenvalue weighted by atomic mass is 9.79. The van der Waals surface area contributed by atoms with Crippen LogP contribution in [0.2, 0.25) is 0 Å². The van der Waals surface area contributed by atoms with Crippen LogP contribution < -0.4 is 5.32 Å². The Bertz CT molecular complexity index is 685. The molecule has 7 heteroatoms. The number of nitro groups is 1. The second-order valence-electron chi connectivity index (χ2n) is 6.72. The maximum absolute atomic E-state index is 12.0. The predicted molar refractivity (Wildman–Crippen MR) is 90.4 cm³/mol. The summed E-state index contributed by atoms with van der Waals surface area (Å²) in [6.07, 6.45) is 5.38. The summed E-state index contributed by atoms with van der Waals surface area (Å²) in [5, 5.41) is 14.2. The van der Waals surface area contributed by atoms with Crippen molar-refractivity contribution in [2.75, 3.05) is 11.6 Å². The highest BCUT2D eigenvalue weighted by Crippen LogP contribution is 2.33. The summed E-state index contributed by atoms with van der Waals surface area (Å²) < 4.78 is 24.0. The summed E-state index contributed by atoms with van der Waals surface area (Å²) in [7, 11) is -3.54. The molecule has 1 aromatic rings. The van der Waals surface area contributed by atoms with Gasteiger partial charge >= 0.3 is 0 Å². The van der Waals surface area contributed by atoms with Gasteiger partial charge in [-0.2, -0.15) is 0 Å². The zero-order chi connectivity index (χ0) is 17.2. The van der Waals surface area contributed by atoms with Crippen molar-refractivity contribution < 1.29 is 13.3 Å². The molecule has 0 bridgehead atoms. The van der Waals surface area contributed by atoms with Crippen LogP contribution in [0.4, 0.5) is 11.4 Å². The van der Waals surface area contributed by atoms with Crippen molar-refractivity contribution in [2.24, 2.45) is 11.8 Å². The number of nitro benzene ring substituents is 1. The average Bonchev–Trinajstić information content (AvgIpc) is 2.46. The largest absolute Gasteiger partial charge is 0.381 e. The minimum atomic E-state index is -3.54. The number of hydrogen-bond acceptors (Lipinski definition) is 5. The zero-order valence-corrected chi connectivity index (χ0v) is 14.6. The van der Waals surface area contributed by atoms with E-state index in [2.05, 4.69) is 19.2 Å². The molecule has 1 aliphatic carbocycles. The molecule has 128 valence electrons. The van der Waals surface area contributed by atoms with Gasteiger partial charge in [-0.05, 0) is 30.7 Å². The molecule has 1 N–H and O–H groups in total. The first kappa shape index (κ1) is 17.7. The van der Waals surface area contributed by atoms with Crippen LogP contribution >= 0.6 is 0 Å². The van der Waals surface area contributed by atoms with Crippen LogP contribution in [0, 0.1) is 22.0 Å². The number of nitrogens with one attached hydrogen (secondary N) is 1. The van der Waals surface area contributed by atoms with Crippen LogP contribution in [0.1, 0.15) is 39.5 Å². The van der Waals surface area contributed by atoms with Crippen LogP contribution in [0.15, 0.2) is 23.1 Å². The van der Waals surface area contributed by atoms with Gasteiger partial charge in [0.15, 0.2) is 9.84 Å². The van der Waals surface area contributed by atoms with E-state index in [0.29, 0.717) is 17.5 Å². The number of rotatable bonds is 5. The molecular formula is C16H24N2O4S. The highest BCUT2D eigenvalue weighted by molar-refractivity contribution is 7.90. The van der Waals surface area contributed by atoms with Gasteiger partial charge in [-0.25, -0.2) is 8.42 Å². The molecular weight excluding hydrogens is 316 g/mol. The predicted octanol–water partition coefficient (Wildman–Crippen LogP) is 3.63. The van der Waals surface area contributed by atoms with Gasteiger partial charge in [0, 0.05) is 24.4 Å². The molecule has 1 fully saturated rings. The third-order valence-electron chi connectivity index (χ3n) is 4.59. The quantitative estimate of drug-likeness (QED) is 0.653. The van der Waals surface area contributed by atoms with E-state index in [1.165, 1.54) is 18.6 Å². The lowest BCUT2D eigenvalue weighted by Gasteiger charge is -2.33. The Kier molecular flexibility index (Phi) is 5.29. The monoisotopic (exact) mass is 340 g/mol. The normalized spacial score (nSPS) is 22.1. The van der Waals surface area contributed by atoms with Crippen LogP contribution in [0.5, 0.6) is 0 Å². The van der Waals surface area contributed by atoms with Gasteiger partial charge in [0.1, 0.15) is 0 Å². The number of anilines is 1. The maximum atomic E-state index is 12.0. The van der Waals surface area contributed by atoms with Crippen LogP contribution in [0.3, 0.4) is 0 Å². The van der Waals surface area contributed by atoms with Gasteiger partial charge in [0.05, 0.1) is 15.5 Å². The van der Waals surface area contributed by atoms with Crippen molar-refractivity contribution in [1.29, 1.82) is 0 Å². The van der Waals surface area contributed by atoms with Crippen molar-refractivity contribution >= 4 is 21.2 Å². The van der Waals surface area contributed by atoms with Crippen LogP contribution in [0.25, 0.3) is 0 Å². The highest BCUT2D eigenvalue weighted by atomic mass is 32.2. The minimum absolute atomic E-state index is 0.00151. The first-order valence-corrected chi connectivity index (χ1v) is 9.82. The third-order valence-corrected chi connectivity index (χ3v) is 5.73. The average molecular weight is 340 g/mol. The number of non-ortho nitro benzene ring substituents is 1. The topological polar surface area (TPSA) is 89.3 Å². The van der Waals surface area contributed by atoms with Crippen LogP contribution in [-0.4, -0.2) is 25.6 Å². The fourth-order valence-corrected chi connectivity index (χ4v) is 4.10. The van der Waals surface area contributed by atoms with Crippen molar-refractivity contribution in [3.63, 3.8) is 0 Å². The van der Waals surface area contributed by atoms with E-state index >= 15 is 0 Å². The van der Waals surface area contributed by atoms with E-state index in [9.17, 15) is 18.5 Å². The first-order valence-electron chi connectivity index (χ1n) is 7.93. The summed E-state index contributed by atoms with van der Waals surface area (Å²) in [5.74, 6) is 1.23. The maximum Gasteiger partial charge on any atom is 0.270 e. The van der Waals surface area contributed by atoms with Gasteiger partial charge in [-0.15, -0.1) is 0 Å². The van der Waals surface area contributed by atoms with Gasteiger partial charge in [-0.1, -0.05) is 26.7 Å². The molecule has 0 radical (unpaired) electrons. The zero-order valence-electron chi connectivity index (χ0n) is 13.8. The van der Waals surface area contributed by atoms with Gasteiger partial charge in [-0.3, -0.25) is 10.1 Å². The summed E-state index contributed by atoms with van der Waals surface area (Å²) in [4.78, 5) is 10.3. The fraction of sp³-hybridized carbons (Fsp3) is 0.625. The molecule has 2 unspecified atom stereocenters. The van der Waals surface area contributed by atoms with E-state index < -0.39 is 14.8 Å². The Labute approximate surface area is 137 Å². The van der Waals surface area contributed by atoms with E-state index in [0.717, 1.165) is 31.6 Å². The van der Waals surface area contributed by atoms with Crippen molar-refractivity contribution in [3.05, 3.63) is 28.3 Å². The van der Waals surface area contributed by atoms with E-state index in [4.69, 9.17) is 0 Å². The van der Waals surface area contributed by atoms with Gasteiger partial charge < -0.3 is 5.32 Å². The summed E-state index contributed by atoms with van der Waals surface area (Å²) in [6.45, 7) is 4.42. The van der Waals surface area contributed by atoms with Gasteiger partial charge in [0.2, 0.25) is 0 Å². The molecule has 2 atom stereocenters. The Morgan fingerprint density at radius 1 is 1.30 bits per heavy atom. The Morgan fingerprint density at radius 2 is 2.00 bits per heavy atom. The van der Waals surface area contributed by atoms with Gasteiger partial charge in [0.25, 0.3) is 5.69 Å². The number of benzene rings is 1. The minimum Gasteiger partial charge on any atom is -0.381 e. The molecule has 1 saturated carbocycles. The third kappa shape index (κ3) is 4.43. The molecule has 0 aliphatic heterocycles. The molecule has 0 heterocycles. The molecule has 0 aromatic heterocycles. The Morgan fingerprint density at radius 3 is 2.57 bits per heavy atom. The standard InChI is InChI=1S/C16H24N2O4S/c1-11(2)12-5-4-6-13(9-12)17-15-8-7-14(18(19)20)10-16(15)23(3,21)22/h7-8,10-13,17H,4-6,9H2,1-3H3. The lowest BCUT2D eigenvalue weighted by molar-refractivity contribution is -0.385. The number of hydrogen-bond donors (Lipinski definition) is 1. The lowest BCUT2D eigenvalue weighted by Crippen LogP contribution is -2.30. The molecule has 0 spiro atoms. The molecule has 1 aromatic carbocycles. The Hall–Kier alpha value is -1.63. The molecule has 23 heavy (non-hydrogen) atoms. The Balaban J connectivity index is 2.27. The first-order chi connectivity index (χ1) is 10.7. The summed E-state index contributed by atoms with van der Waals surface area (Å²) in [6, 6.07) is 4.20. The molecule has 0 amide bonds.